The molecule has 0 saturated heterocycles. The molecule has 0 unspecified atom stereocenters. The van der Waals surface area contributed by atoms with Gasteiger partial charge in [-0.3, -0.25) is 4.18 Å². The lowest BCUT2D eigenvalue weighted by molar-refractivity contribution is -0.156. The number of hydrogen-bond donors (Lipinski definition) is 0. The molecule has 0 aromatic heterocycles. The minimum Gasteiger partial charge on any atom is -0.464 e. The van der Waals surface area contributed by atoms with Crippen molar-refractivity contribution in [2.75, 3.05) is 6.61 Å². The molecule has 0 spiro atoms. The fourth-order valence-electron chi connectivity index (χ4n) is 1.52. The average molecular weight is 300 g/mol. The van der Waals surface area contributed by atoms with Crippen molar-refractivity contribution in [3.8, 4) is 0 Å². The van der Waals surface area contributed by atoms with Gasteiger partial charge in [0.25, 0.3) is 10.1 Å². The van der Waals surface area contributed by atoms with Gasteiger partial charge in [-0.1, -0.05) is 39.0 Å². The molecule has 20 heavy (non-hydrogen) atoms. The van der Waals surface area contributed by atoms with Crippen molar-refractivity contribution in [3.63, 3.8) is 0 Å². The van der Waals surface area contributed by atoms with Crippen LogP contribution in [0.2, 0.25) is 0 Å². The van der Waals surface area contributed by atoms with Crippen molar-refractivity contribution in [1.29, 1.82) is 0 Å². The average Bonchev–Trinajstić information content (AvgIpc) is 2.36. The maximum absolute atomic E-state index is 12.2. The largest absolute Gasteiger partial charge is 0.464 e. The Labute approximate surface area is 120 Å². The lowest BCUT2D eigenvalue weighted by Crippen LogP contribution is -2.40. The molecular formula is C14H20O5S. The van der Waals surface area contributed by atoms with Gasteiger partial charge in [0.2, 0.25) is 0 Å². The summed E-state index contributed by atoms with van der Waals surface area (Å²) in [6.45, 7) is 6.97. The Hall–Kier alpha value is -1.40. The summed E-state index contributed by atoms with van der Waals surface area (Å²) in [7, 11) is -4.01. The number of esters is 1. The lowest BCUT2D eigenvalue weighted by Gasteiger charge is -2.27. The number of carbonyl (C=O) groups is 1. The fraction of sp³-hybridized carbons (Fsp3) is 0.500. The van der Waals surface area contributed by atoms with E-state index in [1.165, 1.54) is 12.1 Å². The first-order chi connectivity index (χ1) is 9.18. The Morgan fingerprint density at radius 3 is 2.20 bits per heavy atom. The highest BCUT2D eigenvalue weighted by molar-refractivity contribution is 7.86. The molecule has 0 aliphatic heterocycles. The summed E-state index contributed by atoms with van der Waals surface area (Å²) in [5, 5.41) is 0. The van der Waals surface area contributed by atoms with Gasteiger partial charge < -0.3 is 4.74 Å². The van der Waals surface area contributed by atoms with Crippen LogP contribution < -0.4 is 0 Å². The van der Waals surface area contributed by atoms with Crippen LogP contribution in [0.3, 0.4) is 0 Å². The van der Waals surface area contributed by atoms with Gasteiger partial charge in [-0.05, 0) is 19.1 Å². The van der Waals surface area contributed by atoms with E-state index < -0.39 is 27.6 Å². The maximum atomic E-state index is 12.2. The number of rotatable bonds is 5. The molecule has 112 valence electrons. The smallest absolute Gasteiger partial charge is 0.337 e. The zero-order valence-electron chi connectivity index (χ0n) is 12.1. The molecule has 5 nitrogen and oxygen atoms in total. The number of carbonyl (C=O) groups excluding carboxylic acids is 1. The Kier molecular flexibility index (Phi) is 5.30. The zero-order chi connectivity index (χ0) is 15.4. The number of hydrogen-bond acceptors (Lipinski definition) is 5. The van der Waals surface area contributed by atoms with E-state index in [9.17, 15) is 13.2 Å². The highest BCUT2D eigenvalue weighted by atomic mass is 32.2. The van der Waals surface area contributed by atoms with Crippen LogP contribution in [0.25, 0.3) is 0 Å². The summed E-state index contributed by atoms with van der Waals surface area (Å²) in [6, 6.07) is 7.71. The summed E-state index contributed by atoms with van der Waals surface area (Å²) in [4.78, 5) is 11.9. The highest BCUT2D eigenvalue weighted by Crippen LogP contribution is 2.27. The molecule has 1 aromatic carbocycles. The first kappa shape index (κ1) is 16.7. The van der Waals surface area contributed by atoms with Crippen LogP contribution in [0.15, 0.2) is 35.2 Å². The fourth-order valence-corrected chi connectivity index (χ4v) is 2.75. The quantitative estimate of drug-likeness (QED) is 0.617. The van der Waals surface area contributed by atoms with E-state index in [0.717, 1.165) is 0 Å². The second kappa shape index (κ2) is 6.37. The molecule has 0 saturated carbocycles. The first-order valence-corrected chi connectivity index (χ1v) is 7.74. The van der Waals surface area contributed by atoms with Crippen LogP contribution in [0.4, 0.5) is 0 Å². The monoisotopic (exact) mass is 300 g/mol. The van der Waals surface area contributed by atoms with Crippen LogP contribution in [0.1, 0.15) is 27.7 Å². The van der Waals surface area contributed by atoms with Crippen molar-refractivity contribution >= 4 is 16.1 Å². The lowest BCUT2D eigenvalue weighted by atomic mass is 9.89. The van der Waals surface area contributed by atoms with Crippen LogP contribution in [0, 0.1) is 5.41 Å². The predicted molar refractivity (Wildman–Crippen MR) is 74.6 cm³/mol. The van der Waals surface area contributed by atoms with Gasteiger partial charge in [0.1, 0.15) is 0 Å². The van der Waals surface area contributed by atoms with Gasteiger partial charge in [-0.15, -0.1) is 0 Å². The number of ether oxygens (including phenoxy) is 1. The topological polar surface area (TPSA) is 69.7 Å². The maximum Gasteiger partial charge on any atom is 0.337 e. The SMILES string of the molecule is CCOC(=O)[C@@H](OS(=O)(=O)c1ccccc1)C(C)(C)C. The van der Waals surface area contributed by atoms with Gasteiger partial charge in [-0.2, -0.15) is 8.42 Å². The molecule has 6 heteroatoms. The zero-order valence-corrected chi connectivity index (χ0v) is 12.9. The van der Waals surface area contributed by atoms with Gasteiger partial charge in [0.15, 0.2) is 6.10 Å². The molecule has 0 fully saturated rings. The van der Waals surface area contributed by atoms with E-state index >= 15 is 0 Å². The summed E-state index contributed by atoms with van der Waals surface area (Å²) < 4.78 is 34.3. The van der Waals surface area contributed by atoms with E-state index in [1.807, 2.05) is 0 Å². The van der Waals surface area contributed by atoms with Crippen LogP contribution >= 0.6 is 0 Å². The van der Waals surface area contributed by atoms with Gasteiger partial charge in [0, 0.05) is 5.41 Å². The molecular weight excluding hydrogens is 280 g/mol. The van der Waals surface area contributed by atoms with E-state index in [0.29, 0.717) is 0 Å². The second-order valence-corrected chi connectivity index (χ2v) is 6.93. The van der Waals surface area contributed by atoms with E-state index in [2.05, 4.69) is 0 Å². The van der Waals surface area contributed by atoms with Gasteiger partial charge in [-0.25, -0.2) is 4.79 Å². The molecule has 0 radical (unpaired) electrons. The third kappa shape index (κ3) is 4.31. The highest BCUT2D eigenvalue weighted by Gasteiger charge is 2.38. The minimum atomic E-state index is -4.01. The second-order valence-electron chi connectivity index (χ2n) is 5.36. The van der Waals surface area contributed by atoms with Crippen molar-refractivity contribution < 1.29 is 22.1 Å². The molecule has 0 amide bonds. The standard InChI is InChI=1S/C14H20O5S/c1-5-18-13(15)12(14(2,3)4)19-20(16,17)11-9-7-6-8-10-11/h6-10,12H,5H2,1-4H3/t12-/m1/s1. The summed E-state index contributed by atoms with van der Waals surface area (Å²) in [6.07, 6.45) is -1.19. The van der Waals surface area contributed by atoms with Gasteiger partial charge in [0.05, 0.1) is 11.5 Å². The van der Waals surface area contributed by atoms with Crippen molar-refractivity contribution in [3.05, 3.63) is 30.3 Å². The predicted octanol–water partition coefficient (Wildman–Crippen LogP) is 2.37. The number of benzene rings is 1. The first-order valence-electron chi connectivity index (χ1n) is 6.33. The Morgan fingerprint density at radius 2 is 1.75 bits per heavy atom. The van der Waals surface area contributed by atoms with E-state index in [4.69, 9.17) is 8.92 Å². The Bertz CT molecular complexity index is 543. The Balaban J connectivity index is 3.04. The van der Waals surface area contributed by atoms with Crippen molar-refractivity contribution in [1.82, 2.24) is 0 Å². The Morgan fingerprint density at radius 1 is 1.20 bits per heavy atom. The summed E-state index contributed by atoms with van der Waals surface area (Å²) >= 11 is 0. The van der Waals surface area contributed by atoms with E-state index in [1.54, 1.807) is 45.9 Å². The van der Waals surface area contributed by atoms with Crippen molar-refractivity contribution in [2.45, 2.75) is 38.7 Å². The molecule has 0 aliphatic carbocycles. The molecule has 0 heterocycles. The van der Waals surface area contributed by atoms with Crippen LogP contribution in [0.5, 0.6) is 0 Å². The third-order valence-corrected chi connectivity index (χ3v) is 3.84. The molecule has 1 rings (SSSR count). The van der Waals surface area contributed by atoms with Crippen LogP contribution in [-0.2, 0) is 23.8 Å². The van der Waals surface area contributed by atoms with Crippen LogP contribution in [-0.4, -0.2) is 27.1 Å². The molecule has 1 aromatic rings. The van der Waals surface area contributed by atoms with Gasteiger partial charge >= 0.3 is 5.97 Å². The normalized spacial score (nSPS) is 13.8. The summed E-state index contributed by atoms with van der Waals surface area (Å²) in [5.74, 6) is -0.681. The van der Waals surface area contributed by atoms with E-state index in [-0.39, 0.29) is 11.5 Å². The summed E-state index contributed by atoms with van der Waals surface area (Å²) in [5.41, 5.74) is -0.700. The third-order valence-electron chi connectivity index (χ3n) is 2.54. The minimum absolute atomic E-state index is 0.0125. The molecule has 0 bridgehead atoms. The molecule has 1 atom stereocenters. The van der Waals surface area contributed by atoms with Crippen molar-refractivity contribution in [2.24, 2.45) is 5.41 Å². The molecule has 0 aliphatic rings. The molecule has 0 N–H and O–H groups in total.